The van der Waals surface area contributed by atoms with Gasteiger partial charge in [-0.25, -0.2) is 4.98 Å². The molecule has 1 aromatic carbocycles. The Bertz CT molecular complexity index is 1260. The molecule has 0 saturated carbocycles. The zero-order valence-corrected chi connectivity index (χ0v) is 23.6. The lowest BCUT2D eigenvalue weighted by Crippen LogP contribution is -2.58. The number of aromatic amines is 1. The molecule has 0 unspecified atom stereocenters. The van der Waals surface area contributed by atoms with Crippen LogP contribution in [0, 0.1) is 0 Å². The van der Waals surface area contributed by atoms with E-state index < -0.39 is 66.4 Å². The van der Waals surface area contributed by atoms with Gasteiger partial charge in [0.25, 0.3) is 0 Å². The number of hydrogen-bond donors (Lipinski definition) is 7. The van der Waals surface area contributed by atoms with Crippen molar-refractivity contribution in [3.05, 3.63) is 54.1 Å². The number of nitrogens with two attached hydrogens (primary N) is 2. The van der Waals surface area contributed by atoms with Crippen LogP contribution in [0.2, 0.25) is 0 Å². The van der Waals surface area contributed by atoms with E-state index in [0.29, 0.717) is 18.4 Å². The molecule has 2 aromatic rings. The molecule has 232 valence electrons. The number of primary amides is 1. The molecule has 0 spiro atoms. The number of aromatic nitrogens is 2. The number of carbonyl (C=O) groups is 6. The first-order valence-corrected chi connectivity index (χ1v) is 14.0. The van der Waals surface area contributed by atoms with Gasteiger partial charge in [0.15, 0.2) is 0 Å². The van der Waals surface area contributed by atoms with Crippen LogP contribution in [0.5, 0.6) is 0 Å². The van der Waals surface area contributed by atoms with Crippen LogP contribution in [0.25, 0.3) is 0 Å². The molecule has 5 amide bonds. The molecule has 9 N–H and O–H groups in total. The summed E-state index contributed by atoms with van der Waals surface area (Å²) in [6.45, 7) is -0.419. The number of amides is 5. The second-order valence-corrected chi connectivity index (χ2v) is 10.3. The maximum absolute atomic E-state index is 13.6. The number of nitrogens with zero attached hydrogens (tertiary/aromatic N) is 2. The van der Waals surface area contributed by atoms with Crippen LogP contribution in [-0.4, -0.2) is 99.2 Å². The molecule has 5 atom stereocenters. The molecule has 1 saturated heterocycles. The number of hydrogen-bond acceptors (Lipinski definition) is 9. The van der Waals surface area contributed by atoms with E-state index in [2.05, 4.69) is 25.9 Å². The van der Waals surface area contributed by atoms with E-state index in [1.807, 2.05) is 6.07 Å². The summed E-state index contributed by atoms with van der Waals surface area (Å²) in [5.41, 5.74) is 12.3. The summed E-state index contributed by atoms with van der Waals surface area (Å²) in [5.74, 6) is -3.31. The van der Waals surface area contributed by atoms with Crippen LogP contribution in [0.3, 0.4) is 0 Å². The Kier molecular flexibility index (Phi) is 12.3. The van der Waals surface area contributed by atoms with E-state index in [4.69, 9.17) is 11.5 Å². The number of aliphatic hydroxyl groups excluding tert-OH is 1. The van der Waals surface area contributed by atoms with Crippen LogP contribution in [0.15, 0.2) is 42.9 Å². The van der Waals surface area contributed by atoms with Crippen LogP contribution in [0.1, 0.15) is 36.9 Å². The van der Waals surface area contributed by atoms with Crippen LogP contribution < -0.4 is 27.4 Å². The molecule has 43 heavy (non-hydrogen) atoms. The Hall–Kier alpha value is -4.63. The molecule has 3 rings (SSSR count). The number of nitrogens with one attached hydrogen (secondary N) is 4. The fourth-order valence-corrected chi connectivity index (χ4v) is 4.79. The molecule has 1 aliphatic heterocycles. The van der Waals surface area contributed by atoms with Crippen molar-refractivity contribution in [3.63, 3.8) is 0 Å². The second kappa shape index (κ2) is 16.1. The van der Waals surface area contributed by atoms with Crippen molar-refractivity contribution in [1.29, 1.82) is 0 Å². The maximum Gasteiger partial charge on any atom is 0.246 e. The van der Waals surface area contributed by atoms with Gasteiger partial charge >= 0.3 is 0 Å². The fourth-order valence-electron chi connectivity index (χ4n) is 4.79. The molecule has 1 aromatic heterocycles. The summed E-state index contributed by atoms with van der Waals surface area (Å²) < 4.78 is 0. The highest BCUT2D eigenvalue weighted by Gasteiger charge is 2.39. The minimum Gasteiger partial charge on any atom is -0.394 e. The summed E-state index contributed by atoms with van der Waals surface area (Å²) in [5, 5.41) is 17.0. The number of aliphatic hydroxyl groups is 1. The van der Waals surface area contributed by atoms with E-state index in [9.17, 15) is 33.9 Å². The van der Waals surface area contributed by atoms with Gasteiger partial charge in [-0.2, -0.15) is 0 Å². The van der Waals surface area contributed by atoms with Crippen molar-refractivity contribution < 1.29 is 33.9 Å². The molecule has 15 nitrogen and oxygen atoms in total. The number of benzene rings is 1. The Morgan fingerprint density at radius 3 is 2.44 bits per heavy atom. The predicted octanol–water partition coefficient (Wildman–Crippen LogP) is -2.58. The van der Waals surface area contributed by atoms with Crippen LogP contribution in [-0.2, 0) is 41.6 Å². The third-order valence-electron chi connectivity index (χ3n) is 7.07. The van der Waals surface area contributed by atoms with Crippen LogP contribution >= 0.6 is 0 Å². The van der Waals surface area contributed by atoms with E-state index in [1.54, 1.807) is 24.3 Å². The lowest BCUT2D eigenvalue weighted by molar-refractivity contribution is -0.142. The van der Waals surface area contributed by atoms with Gasteiger partial charge in [-0.1, -0.05) is 30.3 Å². The molecule has 2 heterocycles. The second-order valence-electron chi connectivity index (χ2n) is 10.3. The van der Waals surface area contributed by atoms with Gasteiger partial charge in [0.1, 0.15) is 30.5 Å². The van der Waals surface area contributed by atoms with Crippen LogP contribution in [0.4, 0.5) is 0 Å². The fraction of sp³-hybridized carbons (Fsp3) is 0.464. The van der Waals surface area contributed by atoms with E-state index in [1.165, 1.54) is 17.4 Å². The zero-order valence-electron chi connectivity index (χ0n) is 23.6. The van der Waals surface area contributed by atoms with Crippen molar-refractivity contribution in [1.82, 2.24) is 30.8 Å². The Labute approximate surface area is 248 Å². The normalized spacial score (nSPS) is 17.3. The standard InChI is InChI=1S/C28H38N8O7/c29-20(15-38)25(40)35-22(12-18-13-31-16-32-18)28(43)36-10-4-7-23(36)27(42)34-21(8-9-24(30)39)26(41)33-19(14-37)11-17-5-2-1-3-6-17/h1-3,5-6,13-14,16,19-23,38H,4,7-12,15,29H2,(H2,30,39)(H,31,32)(H,33,41)(H,34,42)(H,35,40)/t19-,20-,21-,22-,23-/m0/s1. The average molecular weight is 599 g/mol. The predicted molar refractivity (Wildman–Crippen MR) is 153 cm³/mol. The molecule has 1 fully saturated rings. The number of H-pyrrole nitrogens is 1. The summed E-state index contributed by atoms with van der Waals surface area (Å²) >= 11 is 0. The Balaban J connectivity index is 1.73. The van der Waals surface area contributed by atoms with Gasteiger partial charge in [-0.05, 0) is 31.2 Å². The summed E-state index contributed by atoms with van der Waals surface area (Å²) in [6, 6.07) is 3.59. The van der Waals surface area contributed by atoms with Gasteiger partial charge in [-0.15, -0.1) is 0 Å². The maximum atomic E-state index is 13.6. The van der Waals surface area contributed by atoms with Crippen molar-refractivity contribution >= 4 is 35.8 Å². The number of rotatable bonds is 16. The summed E-state index contributed by atoms with van der Waals surface area (Å²) in [6.07, 6.45) is 4.16. The number of imidazole rings is 1. The molecule has 15 heteroatoms. The minimum absolute atomic E-state index is 0.0195. The third-order valence-corrected chi connectivity index (χ3v) is 7.07. The van der Waals surface area contributed by atoms with E-state index in [-0.39, 0.29) is 38.6 Å². The molecular formula is C28H38N8O7. The number of aldehydes is 1. The molecular weight excluding hydrogens is 560 g/mol. The Morgan fingerprint density at radius 2 is 1.81 bits per heavy atom. The SMILES string of the molecule is NC(=O)CC[C@H](NC(=O)[C@@H]1CCCN1C(=O)[C@H](Cc1cnc[nH]1)NC(=O)[C@@H](N)CO)C(=O)N[C@H](C=O)Cc1ccccc1. The van der Waals surface area contributed by atoms with E-state index in [0.717, 1.165) is 5.56 Å². The first-order chi connectivity index (χ1) is 20.6. The van der Waals surface area contributed by atoms with Crippen molar-refractivity contribution in [2.24, 2.45) is 11.5 Å². The third kappa shape index (κ3) is 9.72. The van der Waals surface area contributed by atoms with Gasteiger partial charge in [0.2, 0.25) is 29.5 Å². The summed E-state index contributed by atoms with van der Waals surface area (Å²) in [7, 11) is 0. The highest BCUT2D eigenvalue weighted by molar-refractivity contribution is 5.95. The van der Waals surface area contributed by atoms with Crippen molar-refractivity contribution in [3.8, 4) is 0 Å². The smallest absolute Gasteiger partial charge is 0.246 e. The molecule has 0 radical (unpaired) electrons. The molecule has 0 bridgehead atoms. The average Bonchev–Trinajstić information content (AvgIpc) is 3.70. The zero-order chi connectivity index (χ0) is 31.4. The van der Waals surface area contributed by atoms with E-state index >= 15 is 0 Å². The minimum atomic E-state index is -1.25. The highest BCUT2D eigenvalue weighted by Crippen LogP contribution is 2.20. The van der Waals surface area contributed by atoms with Gasteiger partial charge in [0, 0.05) is 31.3 Å². The van der Waals surface area contributed by atoms with Gasteiger partial charge in [-0.3, -0.25) is 24.0 Å². The monoisotopic (exact) mass is 598 g/mol. The quantitative estimate of drug-likeness (QED) is 0.100. The van der Waals surface area contributed by atoms with Crippen molar-refractivity contribution in [2.75, 3.05) is 13.2 Å². The van der Waals surface area contributed by atoms with Crippen molar-refractivity contribution in [2.45, 2.75) is 68.7 Å². The largest absolute Gasteiger partial charge is 0.394 e. The Morgan fingerprint density at radius 1 is 1.07 bits per heavy atom. The lowest BCUT2D eigenvalue weighted by atomic mass is 10.0. The highest BCUT2D eigenvalue weighted by atomic mass is 16.3. The topological polar surface area (TPSA) is 243 Å². The molecule has 0 aliphatic carbocycles. The first-order valence-electron chi connectivity index (χ1n) is 14.0. The number of likely N-dealkylation sites (tertiary alicyclic amines) is 1. The van der Waals surface area contributed by atoms with Gasteiger partial charge in [0.05, 0.1) is 19.0 Å². The molecule has 1 aliphatic rings. The summed E-state index contributed by atoms with van der Waals surface area (Å²) in [4.78, 5) is 84.0. The van der Waals surface area contributed by atoms with Gasteiger partial charge < -0.3 is 47.2 Å². The first kappa shape index (κ1) is 32.9. The number of carbonyl (C=O) groups excluding carboxylic acids is 6. The lowest BCUT2D eigenvalue weighted by Gasteiger charge is -2.30.